The van der Waals surface area contributed by atoms with Crippen molar-refractivity contribution in [2.24, 2.45) is 5.92 Å². The minimum atomic E-state index is 0.536. The zero-order chi connectivity index (χ0) is 13.9. The van der Waals surface area contributed by atoms with Gasteiger partial charge in [0.1, 0.15) is 7.85 Å². The van der Waals surface area contributed by atoms with Crippen molar-refractivity contribution in [1.82, 2.24) is 0 Å². The third kappa shape index (κ3) is 14.1. The highest BCUT2D eigenvalue weighted by Crippen LogP contribution is 2.26. The van der Waals surface area contributed by atoms with E-state index in [1.54, 1.807) is 0 Å². The van der Waals surface area contributed by atoms with Crippen LogP contribution in [0.5, 0.6) is 0 Å². The minimum absolute atomic E-state index is 0.536. The molecule has 0 saturated heterocycles. The lowest BCUT2D eigenvalue weighted by Gasteiger charge is -2.17. The van der Waals surface area contributed by atoms with Gasteiger partial charge in [-0.15, -0.1) is 0 Å². The predicted octanol–water partition coefficient (Wildman–Crippen LogP) is 5.77. The van der Waals surface area contributed by atoms with Gasteiger partial charge in [0.25, 0.3) is 0 Å². The van der Waals surface area contributed by atoms with Crippen molar-refractivity contribution in [1.29, 1.82) is 0 Å². The summed E-state index contributed by atoms with van der Waals surface area (Å²) in [7, 11) is 2.35. The summed E-state index contributed by atoms with van der Waals surface area (Å²) in [4.78, 5) is 0. The van der Waals surface area contributed by atoms with Crippen molar-refractivity contribution >= 4 is 7.85 Å². The predicted molar refractivity (Wildman–Crippen MR) is 88.2 cm³/mol. The first-order valence-electron chi connectivity index (χ1n) is 8.45. The highest BCUT2D eigenvalue weighted by atomic mass is 14.1. The summed E-state index contributed by atoms with van der Waals surface area (Å²) in [6, 6.07) is 0. The van der Waals surface area contributed by atoms with Crippen molar-refractivity contribution in [2.45, 2.75) is 104 Å². The van der Waals surface area contributed by atoms with E-state index < -0.39 is 0 Å². The Morgan fingerprint density at radius 3 is 1.89 bits per heavy atom. The van der Waals surface area contributed by atoms with Gasteiger partial charge in [0.05, 0.1) is 0 Å². The fraction of sp³-hybridized carbons (Fsp3) is 1.00. The SMILES string of the molecule is BC(C)(C)CCCCCCCC(C)CCCCC. The molecule has 0 aromatic rings. The van der Waals surface area contributed by atoms with Crippen LogP contribution in [0.15, 0.2) is 0 Å². The summed E-state index contributed by atoms with van der Waals surface area (Å²) >= 11 is 0. The average Bonchev–Trinajstić information content (AvgIpc) is 2.26. The van der Waals surface area contributed by atoms with Gasteiger partial charge in [0.2, 0.25) is 0 Å². The molecule has 108 valence electrons. The van der Waals surface area contributed by atoms with Crippen molar-refractivity contribution < 1.29 is 0 Å². The van der Waals surface area contributed by atoms with Gasteiger partial charge < -0.3 is 0 Å². The monoisotopic (exact) mass is 252 g/mol. The minimum Gasteiger partial charge on any atom is -0.0672 e. The second-order valence-electron chi connectivity index (χ2n) is 7.47. The Bertz CT molecular complexity index is 169. The van der Waals surface area contributed by atoms with E-state index in [0.717, 1.165) is 5.92 Å². The maximum atomic E-state index is 2.44. The first kappa shape index (κ1) is 18.1. The molecule has 0 amide bonds. The topological polar surface area (TPSA) is 0 Å². The van der Waals surface area contributed by atoms with Crippen molar-refractivity contribution in [3.05, 3.63) is 0 Å². The van der Waals surface area contributed by atoms with Gasteiger partial charge in [-0.1, -0.05) is 104 Å². The molecule has 0 aromatic carbocycles. The van der Waals surface area contributed by atoms with E-state index in [2.05, 4.69) is 35.5 Å². The fourth-order valence-electron chi connectivity index (χ4n) is 2.57. The summed E-state index contributed by atoms with van der Waals surface area (Å²) in [6.07, 6.45) is 15.8. The molecule has 0 bridgehead atoms. The molecule has 0 aliphatic carbocycles. The van der Waals surface area contributed by atoms with Gasteiger partial charge in [-0.2, -0.15) is 0 Å². The van der Waals surface area contributed by atoms with Crippen LogP contribution in [0.4, 0.5) is 0 Å². The molecule has 0 nitrogen and oxygen atoms in total. The molecule has 0 heterocycles. The Morgan fingerprint density at radius 2 is 1.33 bits per heavy atom. The molecule has 0 N–H and O–H groups in total. The maximum absolute atomic E-state index is 2.44. The summed E-state index contributed by atoms with van der Waals surface area (Å²) in [5.41, 5.74) is 0. The highest BCUT2D eigenvalue weighted by molar-refractivity contribution is 6.14. The standard InChI is InChI=1S/C17H37B/c1-5-6-10-13-16(2)14-11-8-7-9-12-15-17(3,4)18/h16H,5-15,18H2,1-4H3. The van der Waals surface area contributed by atoms with Gasteiger partial charge in [0, 0.05) is 0 Å². The molecule has 1 unspecified atom stereocenters. The van der Waals surface area contributed by atoms with E-state index in [-0.39, 0.29) is 0 Å². The van der Waals surface area contributed by atoms with Crippen LogP contribution < -0.4 is 0 Å². The van der Waals surface area contributed by atoms with Crippen LogP contribution in [0.2, 0.25) is 5.31 Å². The maximum Gasteiger partial charge on any atom is 0.108 e. The van der Waals surface area contributed by atoms with Crippen LogP contribution in [0.1, 0.15) is 98.3 Å². The molecular weight excluding hydrogens is 215 g/mol. The molecule has 0 saturated carbocycles. The second kappa shape index (κ2) is 10.9. The van der Waals surface area contributed by atoms with Crippen LogP contribution in [-0.2, 0) is 0 Å². The van der Waals surface area contributed by atoms with Crippen molar-refractivity contribution in [2.75, 3.05) is 0 Å². The van der Waals surface area contributed by atoms with E-state index >= 15 is 0 Å². The number of unbranched alkanes of at least 4 members (excludes halogenated alkanes) is 6. The largest absolute Gasteiger partial charge is 0.108 e. The van der Waals surface area contributed by atoms with Crippen molar-refractivity contribution in [3.8, 4) is 0 Å². The molecule has 0 rings (SSSR count). The number of rotatable bonds is 12. The van der Waals surface area contributed by atoms with Gasteiger partial charge >= 0.3 is 0 Å². The van der Waals surface area contributed by atoms with Crippen LogP contribution in [-0.4, -0.2) is 7.85 Å². The third-order valence-electron chi connectivity index (χ3n) is 3.92. The molecule has 0 aromatic heterocycles. The average molecular weight is 252 g/mol. The second-order valence-corrected chi connectivity index (χ2v) is 7.47. The Balaban J connectivity index is 3.20. The number of hydrogen-bond acceptors (Lipinski definition) is 0. The molecule has 0 spiro atoms. The Morgan fingerprint density at radius 1 is 0.833 bits per heavy atom. The van der Waals surface area contributed by atoms with Gasteiger partial charge in [0.15, 0.2) is 0 Å². The van der Waals surface area contributed by atoms with E-state index in [1.165, 1.54) is 70.6 Å². The molecule has 1 heteroatoms. The smallest absolute Gasteiger partial charge is 0.0672 e. The van der Waals surface area contributed by atoms with Gasteiger partial charge in [-0.3, -0.25) is 0 Å². The van der Waals surface area contributed by atoms with Crippen LogP contribution in [0, 0.1) is 5.92 Å². The molecule has 1 atom stereocenters. The molecule has 0 radical (unpaired) electrons. The molecule has 0 fully saturated rings. The summed E-state index contributed by atoms with van der Waals surface area (Å²) < 4.78 is 0. The lowest BCUT2D eigenvalue weighted by Crippen LogP contribution is -2.01. The van der Waals surface area contributed by atoms with E-state index in [9.17, 15) is 0 Å². The first-order valence-corrected chi connectivity index (χ1v) is 8.45. The van der Waals surface area contributed by atoms with E-state index in [0.29, 0.717) is 5.31 Å². The zero-order valence-electron chi connectivity index (χ0n) is 13.9. The Labute approximate surface area is 118 Å². The van der Waals surface area contributed by atoms with Crippen LogP contribution in [0.3, 0.4) is 0 Å². The van der Waals surface area contributed by atoms with Crippen LogP contribution in [0.25, 0.3) is 0 Å². The Hall–Kier alpha value is 0.0649. The molecule has 0 aliphatic heterocycles. The lowest BCUT2D eigenvalue weighted by atomic mass is 9.69. The Kier molecular flexibility index (Phi) is 11.0. The number of hydrogen-bond donors (Lipinski definition) is 0. The summed E-state index contributed by atoms with van der Waals surface area (Å²) in [6.45, 7) is 9.44. The molecular formula is C17H37B. The normalized spacial score (nSPS) is 13.8. The van der Waals surface area contributed by atoms with Gasteiger partial charge in [-0.25, -0.2) is 0 Å². The zero-order valence-corrected chi connectivity index (χ0v) is 13.9. The lowest BCUT2D eigenvalue weighted by molar-refractivity contribution is 0.434. The fourth-order valence-corrected chi connectivity index (χ4v) is 2.57. The van der Waals surface area contributed by atoms with Crippen LogP contribution >= 0.6 is 0 Å². The van der Waals surface area contributed by atoms with E-state index in [4.69, 9.17) is 0 Å². The molecule has 0 aliphatic rings. The summed E-state index contributed by atoms with van der Waals surface area (Å²) in [5.74, 6) is 0.964. The van der Waals surface area contributed by atoms with Gasteiger partial charge in [-0.05, 0) is 5.92 Å². The van der Waals surface area contributed by atoms with E-state index in [1.807, 2.05) is 0 Å². The quantitative estimate of drug-likeness (QED) is 0.306. The molecule has 18 heavy (non-hydrogen) atoms. The first-order chi connectivity index (χ1) is 8.45. The summed E-state index contributed by atoms with van der Waals surface area (Å²) in [5, 5.41) is 0.536. The third-order valence-corrected chi connectivity index (χ3v) is 3.92. The van der Waals surface area contributed by atoms with Crippen molar-refractivity contribution in [3.63, 3.8) is 0 Å². The highest BCUT2D eigenvalue weighted by Gasteiger charge is 2.08.